The van der Waals surface area contributed by atoms with Crippen LogP contribution in [0.1, 0.15) is 12.8 Å². The van der Waals surface area contributed by atoms with Crippen molar-refractivity contribution in [2.45, 2.75) is 18.9 Å². The van der Waals surface area contributed by atoms with Gasteiger partial charge in [0, 0.05) is 6.54 Å². The number of anilines is 2. The number of nitrogen functional groups attached to an aromatic ring is 1. The molecule has 0 unspecified atom stereocenters. The first-order valence-corrected chi connectivity index (χ1v) is 4.98. The Morgan fingerprint density at radius 3 is 2.80 bits per heavy atom. The predicted octanol–water partition coefficient (Wildman–Crippen LogP) is -0.0550. The lowest BCUT2D eigenvalue weighted by Crippen LogP contribution is -2.33. The van der Waals surface area contributed by atoms with E-state index < -0.39 is 0 Å². The quantitative estimate of drug-likeness (QED) is 0.410. The second-order valence-electron chi connectivity index (χ2n) is 3.81. The molecule has 0 amide bonds. The third-order valence-corrected chi connectivity index (χ3v) is 2.57. The van der Waals surface area contributed by atoms with Gasteiger partial charge in [-0.25, -0.2) is 10.8 Å². The highest BCUT2D eigenvalue weighted by molar-refractivity contribution is 5.40. The largest absolute Gasteiger partial charge is 0.393 e. The van der Waals surface area contributed by atoms with Crippen LogP contribution in [-0.4, -0.2) is 27.7 Å². The van der Waals surface area contributed by atoms with Gasteiger partial charge in [-0.3, -0.25) is 4.98 Å². The molecule has 1 fully saturated rings. The van der Waals surface area contributed by atoms with E-state index in [-0.39, 0.29) is 6.10 Å². The maximum absolute atomic E-state index is 9.12. The SMILES string of the molecule is NNc1cncc(NCC2CC(O)C2)n1. The molecule has 82 valence electrons. The van der Waals surface area contributed by atoms with E-state index in [2.05, 4.69) is 20.7 Å². The summed E-state index contributed by atoms with van der Waals surface area (Å²) in [6.07, 6.45) is 4.83. The standard InChI is InChI=1S/C9H15N5O/c10-14-9-5-11-4-8(13-9)12-3-6-1-7(15)2-6/h4-7,15H,1-3,10H2,(H2,12,13,14). The molecule has 6 heteroatoms. The van der Waals surface area contributed by atoms with Crippen molar-refractivity contribution in [3.8, 4) is 0 Å². The maximum Gasteiger partial charge on any atom is 0.160 e. The third kappa shape index (κ3) is 2.54. The van der Waals surface area contributed by atoms with Crippen molar-refractivity contribution < 1.29 is 5.11 Å². The van der Waals surface area contributed by atoms with Crippen LogP contribution in [-0.2, 0) is 0 Å². The smallest absolute Gasteiger partial charge is 0.160 e. The maximum atomic E-state index is 9.12. The number of aliphatic hydroxyl groups excluding tert-OH is 1. The number of hydrogen-bond acceptors (Lipinski definition) is 6. The summed E-state index contributed by atoms with van der Waals surface area (Å²) in [5.41, 5.74) is 2.44. The van der Waals surface area contributed by atoms with E-state index in [9.17, 15) is 0 Å². The van der Waals surface area contributed by atoms with Crippen molar-refractivity contribution in [1.29, 1.82) is 0 Å². The molecule has 2 rings (SSSR count). The van der Waals surface area contributed by atoms with Crippen molar-refractivity contribution in [3.05, 3.63) is 12.4 Å². The normalized spacial score (nSPS) is 24.4. The second kappa shape index (κ2) is 4.41. The highest BCUT2D eigenvalue weighted by Gasteiger charge is 2.26. The number of aliphatic hydroxyl groups is 1. The van der Waals surface area contributed by atoms with Crippen LogP contribution in [0.15, 0.2) is 12.4 Å². The Labute approximate surface area is 87.9 Å². The highest BCUT2D eigenvalue weighted by Crippen LogP contribution is 2.26. The van der Waals surface area contributed by atoms with Crippen molar-refractivity contribution in [1.82, 2.24) is 9.97 Å². The zero-order valence-electron chi connectivity index (χ0n) is 8.35. The molecule has 1 aliphatic carbocycles. The first-order valence-electron chi connectivity index (χ1n) is 4.98. The molecule has 6 nitrogen and oxygen atoms in total. The number of nitrogens with two attached hydrogens (primary N) is 1. The molecule has 1 aliphatic rings. The fraction of sp³-hybridized carbons (Fsp3) is 0.556. The van der Waals surface area contributed by atoms with E-state index in [1.54, 1.807) is 12.4 Å². The number of hydrogen-bond donors (Lipinski definition) is 4. The van der Waals surface area contributed by atoms with E-state index in [0.29, 0.717) is 17.6 Å². The molecule has 1 aromatic heterocycles. The molecule has 15 heavy (non-hydrogen) atoms. The number of aromatic nitrogens is 2. The summed E-state index contributed by atoms with van der Waals surface area (Å²) in [6, 6.07) is 0. The number of nitrogens with zero attached hydrogens (tertiary/aromatic N) is 2. The topological polar surface area (TPSA) is 96.1 Å². The molecule has 1 aromatic rings. The Hall–Kier alpha value is -1.40. The molecular formula is C9H15N5O. The summed E-state index contributed by atoms with van der Waals surface area (Å²) in [6.45, 7) is 0.819. The van der Waals surface area contributed by atoms with Crippen LogP contribution in [0.2, 0.25) is 0 Å². The molecule has 1 heterocycles. The average molecular weight is 209 g/mol. The van der Waals surface area contributed by atoms with E-state index in [4.69, 9.17) is 10.9 Å². The summed E-state index contributed by atoms with van der Waals surface area (Å²) in [7, 11) is 0. The molecule has 0 atom stereocenters. The number of hydrazine groups is 1. The van der Waals surface area contributed by atoms with Gasteiger partial charge >= 0.3 is 0 Å². The number of nitrogens with one attached hydrogen (secondary N) is 2. The van der Waals surface area contributed by atoms with Gasteiger partial charge in [-0.2, -0.15) is 0 Å². The first kappa shape index (κ1) is 10.1. The van der Waals surface area contributed by atoms with Crippen molar-refractivity contribution in [3.63, 3.8) is 0 Å². The summed E-state index contributed by atoms with van der Waals surface area (Å²) in [4.78, 5) is 8.14. The Morgan fingerprint density at radius 1 is 1.40 bits per heavy atom. The molecule has 0 aromatic carbocycles. The van der Waals surface area contributed by atoms with Gasteiger partial charge in [-0.15, -0.1) is 0 Å². The van der Waals surface area contributed by atoms with E-state index >= 15 is 0 Å². The monoisotopic (exact) mass is 209 g/mol. The second-order valence-corrected chi connectivity index (χ2v) is 3.81. The van der Waals surface area contributed by atoms with Crippen LogP contribution in [0.5, 0.6) is 0 Å². The molecule has 0 aliphatic heterocycles. The minimum atomic E-state index is -0.111. The van der Waals surface area contributed by atoms with Gasteiger partial charge in [0.05, 0.1) is 18.5 Å². The lowest BCUT2D eigenvalue weighted by molar-refractivity contribution is 0.0486. The molecule has 0 bridgehead atoms. The Bertz CT molecular complexity index is 326. The average Bonchev–Trinajstić information content (AvgIpc) is 2.23. The van der Waals surface area contributed by atoms with Crippen molar-refractivity contribution in [2.75, 3.05) is 17.3 Å². The molecule has 1 saturated carbocycles. The third-order valence-electron chi connectivity index (χ3n) is 2.57. The molecule has 0 saturated heterocycles. The van der Waals surface area contributed by atoms with Gasteiger partial charge in [0.15, 0.2) is 5.82 Å². The zero-order chi connectivity index (χ0) is 10.7. The van der Waals surface area contributed by atoms with Gasteiger partial charge < -0.3 is 15.8 Å². The van der Waals surface area contributed by atoms with Crippen LogP contribution >= 0.6 is 0 Å². The van der Waals surface area contributed by atoms with Crippen LogP contribution in [0.4, 0.5) is 11.6 Å². The van der Waals surface area contributed by atoms with Crippen molar-refractivity contribution in [2.24, 2.45) is 11.8 Å². The van der Waals surface area contributed by atoms with Crippen LogP contribution in [0, 0.1) is 5.92 Å². The lowest BCUT2D eigenvalue weighted by atomic mass is 9.82. The first-order chi connectivity index (χ1) is 7.28. The summed E-state index contributed by atoms with van der Waals surface area (Å²) in [5, 5.41) is 12.3. The van der Waals surface area contributed by atoms with Gasteiger partial charge in [0.1, 0.15) is 5.82 Å². The van der Waals surface area contributed by atoms with Crippen LogP contribution < -0.4 is 16.6 Å². The van der Waals surface area contributed by atoms with Gasteiger partial charge in [-0.05, 0) is 18.8 Å². The Morgan fingerprint density at radius 2 is 2.13 bits per heavy atom. The van der Waals surface area contributed by atoms with Crippen LogP contribution in [0.25, 0.3) is 0 Å². The Balaban J connectivity index is 1.82. The fourth-order valence-corrected chi connectivity index (χ4v) is 1.64. The number of rotatable bonds is 4. The van der Waals surface area contributed by atoms with Gasteiger partial charge in [-0.1, -0.05) is 0 Å². The molecular weight excluding hydrogens is 194 g/mol. The predicted molar refractivity (Wildman–Crippen MR) is 57.1 cm³/mol. The zero-order valence-corrected chi connectivity index (χ0v) is 8.35. The minimum Gasteiger partial charge on any atom is -0.393 e. The fourth-order valence-electron chi connectivity index (χ4n) is 1.64. The Kier molecular flexibility index (Phi) is 2.98. The molecule has 0 spiro atoms. The van der Waals surface area contributed by atoms with Crippen molar-refractivity contribution >= 4 is 11.6 Å². The summed E-state index contributed by atoms with van der Waals surface area (Å²) in [5.74, 6) is 6.99. The summed E-state index contributed by atoms with van der Waals surface area (Å²) >= 11 is 0. The van der Waals surface area contributed by atoms with Gasteiger partial charge in [0.2, 0.25) is 0 Å². The summed E-state index contributed by atoms with van der Waals surface area (Å²) < 4.78 is 0. The molecule has 0 radical (unpaired) electrons. The van der Waals surface area contributed by atoms with E-state index in [1.807, 2.05) is 0 Å². The van der Waals surface area contributed by atoms with Crippen LogP contribution in [0.3, 0.4) is 0 Å². The van der Waals surface area contributed by atoms with Gasteiger partial charge in [0.25, 0.3) is 0 Å². The van der Waals surface area contributed by atoms with E-state index in [1.165, 1.54) is 0 Å². The van der Waals surface area contributed by atoms with E-state index in [0.717, 1.165) is 19.4 Å². The lowest BCUT2D eigenvalue weighted by Gasteiger charge is -2.31. The minimum absolute atomic E-state index is 0.111. The molecule has 5 N–H and O–H groups in total. The highest BCUT2D eigenvalue weighted by atomic mass is 16.3.